The van der Waals surface area contributed by atoms with Gasteiger partial charge in [0.15, 0.2) is 0 Å². The second-order valence-corrected chi connectivity index (χ2v) is 8.79. The van der Waals surface area contributed by atoms with Crippen LogP contribution in [0.5, 0.6) is 5.75 Å². The monoisotopic (exact) mass is 393 g/mol. The molecule has 0 bridgehead atoms. The van der Waals surface area contributed by atoms with Crippen LogP contribution in [0.15, 0.2) is 48.5 Å². The van der Waals surface area contributed by atoms with E-state index in [2.05, 4.69) is 55.1 Å². The predicted molar refractivity (Wildman–Crippen MR) is 118 cm³/mol. The van der Waals surface area contributed by atoms with E-state index in [1.807, 2.05) is 23.5 Å². The molecule has 0 amide bonds. The maximum absolute atomic E-state index is 9.64. The molecule has 4 rings (SSSR count). The predicted octanol–water partition coefficient (Wildman–Crippen LogP) is 4.89. The molecule has 28 heavy (non-hydrogen) atoms. The minimum atomic E-state index is 0.277. The minimum absolute atomic E-state index is 0.277. The molecule has 1 saturated heterocycles. The summed E-state index contributed by atoms with van der Waals surface area (Å²) in [6.07, 6.45) is 2.22. The zero-order valence-electron chi connectivity index (χ0n) is 16.7. The van der Waals surface area contributed by atoms with Gasteiger partial charge in [0.25, 0.3) is 0 Å². The summed E-state index contributed by atoms with van der Waals surface area (Å²) in [5, 5.41) is 9.64. The van der Waals surface area contributed by atoms with Crippen molar-refractivity contribution in [2.75, 3.05) is 32.1 Å². The van der Waals surface area contributed by atoms with E-state index in [9.17, 15) is 5.11 Å². The number of thiophene rings is 1. The number of phenolic OH excluding ortho intramolecular Hbond substituents is 1. The lowest BCUT2D eigenvalue weighted by Crippen LogP contribution is -2.31. The Hall–Kier alpha value is -2.37. The van der Waals surface area contributed by atoms with Gasteiger partial charge in [0.05, 0.1) is 5.69 Å². The summed E-state index contributed by atoms with van der Waals surface area (Å²) in [6.45, 7) is 4.23. The van der Waals surface area contributed by atoms with E-state index in [0.717, 1.165) is 43.0 Å². The minimum Gasteiger partial charge on any atom is -0.508 e. The summed E-state index contributed by atoms with van der Waals surface area (Å²) in [7, 11) is 4.30. The normalized spacial score (nSPS) is 16.9. The number of aromatic nitrogens is 1. The van der Waals surface area contributed by atoms with Crippen LogP contribution >= 0.6 is 11.3 Å². The van der Waals surface area contributed by atoms with E-state index < -0.39 is 0 Å². The quantitative estimate of drug-likeness (QED) is 0.670. The molecule has 1 N–H and O–H groups in total. The lowest BCUT2D eigenvalue weighted by Gasteiger charge is -2.22. The summed E-state index contributed by atoms with van der Waals surface area (Å²) in [6, 6.07) is 16.7. The number of benzene rings is 1. The number of rotatable bonds is 5. The number of hydrogen-bond acceptors (Lipinski definition) is 5. The molecular weight excluding hydrogens is 366 g/mol. The topological polar surface area (TPSA) is 39.6 Å². The fourth-order valence-electron chi connectivity index (χ4n) is 3.69. The Kier molecular flexibility index (Phi) is 5.38. The van der Waals surface area contributed by atoms with Gasteiger partial charge in [0.2, 0.25) is 0 Å². The van der Waals surface area contributed by atoms with Gasteiger partial charge < -0.3 is 14.9 Å². The first-order chi connectivity index (χ1) is 13.5. The number of nitrogens with zero attached hydrogens (tertiary/aromatic N) is 3. The Balaban J connectivity index is 1.75. The maximum Gasteiger partial charge on any atom is 0.129 e. The molecule has 1 aromatic carbocycles. The van der Waals surface area contributed by atoms with E-state index in [1.54, 1.807) is 12.1 Å². The highest BCUT2D eigenvalue weighted by atomic mass is 32.1. The van der Waals surface area contributed by atoms with Crippen LogP contribution in [0.4, 0.5) is 5.82 Å². The summed E-state index contributed by atoms with van der Waals surface area (Å²) in [5.41, 5.74) is 3.19. The van der Waals surface area contributed by atoms with Crippen LogP contribution in [0.2, 0.25) is 0 Å². The molecule has 1 aliphatic heterocycles. The number of anilines is 1. The largest absolute Gasteiger partial charge is 0.508 e. The van der Waals surface area contributed by atoms with Crippen molar-refractivity contribution in [3.05, 3.63) is 53.4 Å². The molecule has 1 aliphatic rings. The van der Waals surface area contributed by atoms with Gasteiger partial charge in [-0.15, -0.1) is 11.3 Å². The number of aryl methyl sites for hydroxylation is 1. The van der Waals surface area contributed by atoms with Crippen LogP contribution in [-0.2, 0) is 6.42 Å². The summed E-state index contributed by atoms with van der Waals surface area (Å²) in [4.78, 5) is 12.4. The third-order valence-corrected chi connectivity index (χ3v) is 6.77. The molecule has 2 aromatic heterocycles. The van der Waals surface area contributed by atoms with Crippen LogP contribution in [0, 0.1) is 0 Å². The zero-order chi connectivity index (χ0) is 19.7. The lowest BCUT2D eigenvalue weighted by molar-refractivity contribution is 0.315. The van der Waals surface area contributed by atoms with Crippen molar-refractivity contribution in [3.8, 4) is 27.4 Å². The van der Waals surface area contributed by atoms with Crippen molar-refractivity contribution in [3.63, 3.8) is 0 Å². The van der Waals surface area contributed by atoms with E-state index in [-0.39, 0.29) is 5.75 Å². The molecule has 1 atom stereocenters. The van der Waals surface area contributed by atoms with E-state index in [4.69, 9.17) is 4.98 Å². The van der Waals surface area contributed by atoms with Gasteiger partial charge >= 0.3 is 0 Å². The fraction of sp³-hybridized carbons (Fsp3) is 0.348. The van der Waals surface area contributed by atoms with E-state index in [0.29, 0.717) is 6.04 Å². The average Bonchev–Trinajstić information content (AvgIpc) is 3.38. The maximum atomic E-state index is 9.64. The Labute approximate surface area is 171 Å². The van der Waals surface area contributed by atoms with Crippen molar-refractivity contribution in [2.24, 2.45) is 0 Å². The lowest BCUT2D eigenvalue weighted by atomic mass is 10.1. The number of pyridine rings is 1. The van der Waals surface area contributed by atoms with Crippen molar-refractivity contribution in [1.82, 2.24) is 9.88 Å². The Morgan fingerprint density at radius 3 is 2.54 bits per heavy atom. The second kappa shape index (κ2) is 7.94. The second-order valence-electron chi connectivity index (χ2n) is 7.62. The summed E-state index contributed by atoms with van der Waals surface area (Å²) >= 11 is 1.85. The molecule has 3 aromatic rings. The smallest absolute Gasteiger partial charge is 0.129 e. The number of hydrogen-bond donors (Lipinski definition) is 1. The molecular formula is C23H27N3OS. The highest BCUT2D eigenvalue weighted by molar-refractivity contribution is 7.15. The van der Waals surface area contributed by atoms with Gasteiger partial charge in [-0.1, -0.05) is 6.92 Å². The van der Waals surface area contributed by atoms with Crippen molar-refractivity contribution in [2.45, 2.75) is 25.8 Å². The first kappa shape index (κ1) is 19.0. The van der Waals surface area contributed by atoms with Crippen LogP contribution in [0.3, 0.4) is 0 Å². The van der Waals surface area contributed by atoms with Crippen LogP contribution in [0.1, 0.15) is 18.2 Å². The average molecular weight is 394 g/mol. The van der Waals surface area contributed by atoms with E-state index in [1.165, 1.54) is 15.3 Å². The van der Waals surface area contributed by atoms with Gasteiger partial charge in [-0.05, 0) is 81.0 Å². The molecule has 0 radical (unpaired) electrons. The third-order valence-electron chi connectivity index (χ3n) is 5.49. The third kappa shape index (κ3) is 3.91. The van der Waals surface area contributed by atoms with E-state index >= 15 is 0 Å². The van der Waals surface area contributed by atoms with Gasteiger partial charge in [0, 0.05) is 34.4 Å². The van der Waals surface area contributed by atoms with Gasteiger partial charge in [-0.3, -0.25) is 0 Å². The van der Waals surface area contributed by atoms with Crippen LogP contribution < -0.4 is 4.90 Å². The molecule has 0 spiro atoms. The Bertz CT molecular complexity index is 949. The first-order valence-corrected chi connectivity index (χ1v) is 10.7. The summed E-state index contributed by atoms with van der Waals surface area (Å²) < 4.78 is 0. The van der Waals surface area contributed by atoms with Gasteiger partial charge in [-0.2, -0.15) is 0 Å². The first-order valence-electron chi connectivity index (χ1n) is 9.85. The number of phenols is 1. The molecule has 4 nitrogen and oxygen atoms in total. The molecule has 0 saturated carbocycles. The number of aromatic hydroxyl groups is 1. The van der Waals surface area contributed by atoms with Crippen molar-refractivity contribution < 1.29 is 5.11 Å². The highest BCUT2D eigenvalue weighted by Gasteiger charge is 2.25. The van der Waals surface area contributed by atoms with Gasteiger partial charge in [-0.25, -0.2) is 4.98 Å². The highest BCUT2D eigenvalue weighted by Crippen LogP contribution is 2.35. The summed E-state index contributed by atoms with van der Waals surface area (Å²) in [5.74, 6) is 1.32. The van der Waals surface area contributed by atoms with Crippen molar-refractivity contribution >= 4 is 17.2 Å². The molecule has 0 aliphatic carbocycles. The zero-order valence-corrected chi connectivity index (χ0v) is 17.5. The Morgan fingerprint density at radius 2 is 1.89 bits per heavy atom. The molecule has 1 unspecified atom stereocenters. The fourth-order valence-corrected chi connectivity index (χ4v) is 4.63. The Morgan fingerprint density at radius 1 is 1.11 bits per heavy atom. The standard InChI is InChI=1S/C23H27N3OS/c1-4-20-9-10-22(28-20)17-13-21(16-5-7-19(27)8-6-16)24-23(14-17)26-12-11-18(15-26)25(2)3/h5-10,13-14,18,27H,4,11-12,15H2,1-3H3. The number of likely N-dealkylation sites (N-methyl/N-ethyl adjacent to an activating group) is 1. The molecule has 5 heteroatoms. The van der Waals surface area contributed by atoms with Crippen LogP contribution in [0.25, 0.3) is 21.7 Å². The molecule has 1 fully saturated rings. The van der Waals surface area contributed by atoms with Crippen LogP contribution in [-0.4, -0.2) is 48.2 Å². The van der Waals surface area contributed by atoms with Gasteiger partial charge in [0.1, 0.15) is 11.6 Å². The van der Waals surface area contributed by atoms with Crippen molar-refractivity contribution in [1.29, 1.82) is 0 Å². The molecule has 146 valence electrons. The SMILES string of the molecule is CCc1ccc(-c2cc(-c3ccc(O)cc3)nc(N3CCC(N(C)C)C3)c2)s1. The molecule has 3 heterocycles.